The number of nitrogens with two attached hydrogens (primary N) is 1. The van der Waals surface area contributed by atoms with Crippen LogP contribution in [-0.2, 0) is 9.53 Å². The van der Waals surface area contributed by atoms with E-state index in [2.05, 4.69) is 19.2 Å². The molecule has 0 saturated heterocycles. The largest absolute Gasteiger partial charge is 0.494 e. The van der Waals surface area contributed by atoms with Gasteiger partial charge in [-0.05, 0) is 31.4 Å². The summed E-state index contributed by atoms with van der Waals surface area (Å²) in [6.45, 7) is 6.25. The molecule has 0 aliphatic carbocycles. The number of hydrogen-bond acceptors (Lipinski definition) is 4. The van der Waals surface area contributed by atoms with Gasteiger partial charge in [0.1, 0.15) is 12.4 Å². The molecular weight excluding hydrogens is 256 g/mol. The number of methoxy groups -OCH3 is 1. The predicted octanol–water partition coefficient (Wildman–Crippen LogP) is 2.67. The molecule has 0 aliphatic heterocycles. The van der Waals surface area contributed by atoms with Gasteiger partial charge in [-0.25, -0.2) is 0 Å². The zero-order valence-corrected chi connectivity index (χ0v) is 12.6. The molecule has 0 radical (unpaired) electrons. The van der Waals surface area contributed by atoms with Crippen LogP contribution in [-0.4, -0.2) is 25.7 Å². The lowest BCUT2D eigenvalue weighted by Gasteiger charge is -2.15. The maximum atomic E-state index is 11.8. The Balaban J connectivity index is 2.50. The SMILES string of the molecule is COc1cc(N)ccc1NC(=O)COC(C)CC(C)C. The smallest absolute Gasteiger partial charge is 0.250 e. The number of benzene rings is 1. The summed E-state index contributed by atoms with van der Waals surface area (Å²) < 4.78 is 10.7. The average molecular weight is 280 g/mol. The number of nitrogen functional groups attached to an aromatic ring is 1. The molecule has 112 valence electrons. The molecule has 5 heteroatoms. The van der Waals surface area contributed by atoms with E-state index < -0.39 is 0 Å². The third-order valence-corrected chi connectivity index (χ3v) is 2.80. The van der Waals surface area contributed by atoms with Crippen LogP contribution in [0, 0.1) is 5.92 Å². The molecule has 0 aromatic heterocycles. The highest BCUT2D eigenvalue weighted by atomic mass is 16.5. The number of amides is 1. The van der Waals surface area contributed by atoms with Crippen LogP contribution in [0.4, 0.5) is 11.4 Å². The van der Waals surface area contributed by atoms with Crippen LogP contribution in [0.1, 0.15) is 27.2 Å². The summed E-state index contributed by atoms with van der Waals surface area (Å²) in [6.07, 6.45) is 0.993. The molecule has 3 N–H and O–H groups in total. The van der Waals surface area contributed by atoms with E-state index in [-0.39, 0.29) is 18.6 Å². The summed E-state index contributed by atoms with van der Waals surface area (Å²) in [5.74, 6) is 0.877. The number of carbonyl (C=O) groups is 1. The van der Waals surface area contributed by atoms with E-state index in [1.807, 2.05) is 6.92 Å². The number of rotatable bonds is 7. The summed E-state index contributed by atoms with van der Waals surface area (Å²) in [5, 5.41) is 2.75. The lowest BCUT2D eigenvalue weighted by atomic mass is 10.1. The van der Waals surface area contributed by atoms with Crippen LogP contribution in [0.2, 0.25) is 0 Å². The summed E-state index contributed by atoms with van der Waals surface area (Å²) >= 11 is 0. The molecule has 0 fully saturated rings. The Bertz CT molecular complexity index is 447. The van der Waals surface area contributed by atoms with Gasteiger partial charge in [-0.1, -0.05) is 13.8 Å². The van der Waals surface area contributed by atoms with Crippen LogP contribution in [0.15, 0.2) is 18.2 Å². The topological polar surface area (TPSA) is 73.6 Å². The molecule has 0 saturated carbocycles. The van der Waals surface area contributed by atoms with Gasteiger partial charge in [0.2, 0.25) is 5.91 Å². The second-order valence-corrected chi connectivity index (χ2v) is 5.26. The van der Waals surface area contributed by atoms with E-state index in [0.29, 0.717) is 23.0 Å². The first kappa shape index (κ1) is 16.3. The summed E-state index contributed by atoms with van der Waals surface area (Å²) in [7, 11) is 1.53. The first-order chi connectivity index (χ1) is 9.42. The van der Waals surface area contributed by atoms with Crippen molar-refractivity contribution in [1.29, 1.82) is 0 Å². The fourth-order valence-electron chi connectivity index (χ4n) is 1.95. The standard InChI is InChI=1S/C15H24N2O3/c1-10(2)7-11(3)20-9-15(18)17-13-6-5-12(16)8-14(13)19-4/h5-6,8,10-11H,7,9,16H2,1-4H3,(H,17,18). The first-order valence-corrected chi connectivity index (χ1v) is 6.77. The van der Waals surface area contributed by atoms with Crippen molar-refractivity contribution in [2.45, 2.75) is 33.3 Å². The van der Waals surface area contributed by atoms with Crippen molar-refractivity contribution in [3.8, 4) is 5.75 Å². The quantitative estimate of drug-likeness (QED) is 0.753. The number of hydrogen-bond donors (Lipinski definition) is 2. The van der Waals surface area contributed by atoms with Gasteiger partial charge in [0.25, 0.3) is 0 Å². The minimum atomic E-state index is -0.205. The lowest BCUT2D eigenvalue weighted by Crippen LogP contribution is -2.23. The van der Waals surface area contributed by atoms with Gasteiger partial charge < -0.3 is 20.5 Å². The van der Waals surface area contributed by atoms with Crippen LogP contribution in [0.25, 0.3) is 0 Å². The molecule has 1 aromatic carbocycles. The molecule has 1 rings (SSSR count). The predicted molar refractivity (Wildman–Crippen MR) is 80.9 cm³/mol. The van der Waals surface area contributed by atoms with E-state index in [1.54, 1.807) is 18.2 Å². The van der Waals surface area contributed by atoms with Crippen molar-refractivity contribution in [3.05, 3.63) is 18.2 Å². The zero-order valence-electron chi connectivity index (χ0n) is 12.6. The average Bonchev–Trinajstić information content (AvgIpc) is 2.37. The van der Waals surface area contributed by atoms with E-state index in [0.717, 1.165) is 6.42 Å². The van der Waals surface area contributed by atoms with Gasteiger partial charge in [0, 0.05) is 11.8 Å². The third kappa shape index (κ3) is 5.48. The monoisotopic (exact) mass is 280 g/mol. The normalized spacial score (nSPS) is 12.2. The number of nitrogens with one attached hydrogen (secondary N) is 1. The van der Waals surface area contributed by atoms with Crippen molar-refractivity contribution in [2.75, 3.05) is 24.8 Å². The molecular formula is C15H24N2O3. The molecule has 5 nitrogen and oxygen atoms in total. The van der Waals surface area contributed by atoms with Gasteiger partial charge in [0.15, 0.2) is 0 Å². The summed E-state index contributed by atoms with van der Waals surface area (Å²) in [4.78, 5) is 11.8. The molecule has 0 aliphatic rings. The van der Waals surface area contributed by atoms with Gasteiger partial charge in [-0.3, -0.25) is 4.79 Å². The Labute approximate surface area is 120 Å². The number of anilines is 2. The van der Waals surface area contributed by atoms with Gasteiger partial charge in [-0.2, -0.15) is 0 Å². The van der Waals surface area contributed by atoms with E-state index in [4.69, 9.17) is 15.2 Å². The molecule has 0 bridgehead atoms. The summed E-state index contributed by atoms with van der Waals surface area (Å²) in [5.41, 5.74) is 6.84. The van der Waals surface area contributed by atoms with Crippen molar-refractivity contribution in [2.24, 2.45) is 5.92 Å². The molecule has 0 heterocycles. The van der Waals surface area contributed by atoms with Crippen molar-refractivity contribution >= 4 is 17.3 Å². The van der Waals surface area contributed by atoms with Gasteiger partial charge in [0.05, 0.1) is 18.9 Å². The fraction of sp³-hybridized carbons (Fsp3) is 0.533. The van der Waals surface area contributed by atoms with Crippen molar-refractivity contribution in [3.63, 3.8) is 0 Å². The zero-order chi connectivity index (χ0) is 15.1. The van der Waals surface area contributed by atoms with Gasteiger partial charge in [-0.15, -0.1) is 0 Å². The molecule has 0 spiro atoms. The maximum absolute atomic E-state index is 11.8. The van der Waals surface area contributed by atoms with E-state index in [9.17, 15) is 4.79 Å². The van der Waals surface area contributed by atoms with E-state index in [1.165, 1.54) is 7.11 Å². The van der Waals surface area contributed by atoms with Crippen LogP contribution in [0.5, 0.6) is 5.75 Å². The first-order valence-electron chi connectivity index (χ1n) is 6.77. The highest BCUT2D eigenvalue weighted by molar-refractivity contribution is 5.93. The van der Waals surface area contributed by atoms with Crippen molar-refractivity contribution in [1.82, 2.24) is 0 Å². The Hall–Kier alpha value is -1.75. The molecule has 1 aromatic rings. The minimum Gasteiger partial charge on any atom is -0.494 e. The second-order valence-electron chi connectivity index (χ2n) is 5.26. The number of ether oxygens (including phenoxy) is 2. The van der Waals surface area contributed by atoms with Crippen molar-refractivity contribution < 1.29 is 14.3 Å². The van der Waals surface area contributed by atoms with Crippen LogP contribution < -0.4 is 15.8 Å². The molecule has 20 heavy (non-hydrogen) atoms. The highest BCUT2D eigenvalue weighted by Crippen LogP contribution is 2.26. The Morgan fingerprint density at radius 1 is 1.35 bits per heavy atom. The Morgan fingerprint density at radius 3 is 2.65 bits per heavy atom. The molecule has 1 unspecified atom stereocenters. The molecule has 1 amide bonds. The second kappa shape index (κ2) is 7.75. The Kier molecular flexibility index (Phi) is 6.31. The van der Waals surface area contributed by atoms with Gasteiger partial charge >= 0.3 is 0 Å². The molecule has 1 atom stereocenters. The Morgan fingerprint density at radius 2 is 2.05 bits per heavy atom. The third-order valence-electron chi connectivity index (χ3n) is 2.80. The highest BCUT2D eigenvalue weighted by Gasteiger charge is 2.11. The fourth-order valence-corrected chi connectivity index (χ4v) is 1.95. The minimum absolute atomic E-state index is 0.0292. The summed E-state index contributed by atoms with van der Waals surface area (Å²) in [6, 6.07) is 5.09. The van der Waals surface area contributed by atoms with Crippen LogP contribution in [0.3, 0.4) is 0 Å². The lowest BCUT2D eigenvalue weighted by molar-refractivity contribution is -0.122. The van der Waals surface area contributed by atoms with E-state index >= 15 is 0 Å². The van der Waals surface area contributed by atoms with Crippen LogP contribution >= 0.6 is 0 Å². The maximum Gasteiger partial charge on any atom is 0.250 e. The number of carbonyl (C=O) groups excluding carboxylic acids is 1.